The normalized spacial score (nSPS) is 11.3. The van der Waals surface area contributed by atoms with Crippen LogP contribution in [0.25, 0.3) is 43.4 Å². The first-order valence-corrected chi connectivity index (χ1v) is 9.73. The van der Waals surface area contributed by atoms with Crippen molar-refractivity contribution < 1.29 is 4.74 Å². The van der Waals surface area contributed by atoms with Crippen LogP contribution in [0, 0.1) is 0 Å². The first-order chi connectivity index (χ1) is 13.3. The van der Waals surface area contributed by atoms with Crippen LogP contribution in [0.1, 0.15) is 0 Å². The maximum Gasteiger partial charge on any atom is 0.133 e. The van der Waals surface area contributed by atoms with Crippen LogP contribution in [-0.2, 0) is 0 Å². The molecule has 0 heterocycles. The molecule has 0 fully saturated rings. The van der Waals surface area contributed by atoms with E-state index < -0.39 is 0 Å². The Labute approximate surface area is 166 Å². The summed E-state index contributed by atoms with van der Waals surface area (Å²) in [4.78, 5) is 0. The number of ether oxygens (including phenoxy) is 1. The van der Waals surface area contributed by atoms with Gasteiger partial charge in [0.05, 0.1) is 11.6 Å². The number of hydrogen-bond donors (Lipinski definition) is 0. The summed E-state index contributed by atoms with van der Waals surface area (Å²) in [5.41, 5.74) is 2.34. The molecule has 0 bridgehead atoms. The maximum absolute atomic E-state index is 5.48. The molecule has 0 aromatic heterocycles. The number of methoxy groups -OCH3 is 1. The van der Waals surface area contributed by atoms with Crippen LogP contribution in [0.15, 0.2) is 89.4 Å². The van der Waals surface area contributed by atoms with Crippen molar-refractivity contribution in [3.8, 4) is 16.9 Å². The fourth-order valence-corrected chi connectivity index (χ4v) is 4.34. The molecule has 0 aliphatic rings. The van der Waals surface area contributed by atoms with Gasteiger partial charge in [0.1, 0.15) is 5.75 Å². The highest BCUT2D eigenvalue weighted by atomic mass is 79.9. The Balaban J connectivity index is 1.86. The predicted molar refractivity (Wildman–Crippen MR) is 119 cm³/mol. The van der Waals surface area contributed by atoms with E-state index in [-0.39, 0.29) is 0 Å². The minimum Gasteiger partial charge on any atom is -0.496 e. The summed E-state index contributed by atoms with van der Waals surface area (Å²) in [5.74, 6) is 0.843. The van der Waals surface area contributed by atoms with Crippen molar-refractivity contribution in [3.05, 3.63) is 89.4 Å². The van der Waals surface area contributed by atoms with E-state index in [4.69, 9.17) is 4.74 Å². The molecule has 5 aromatic rings. The van der Waals surface area contributed by atoms with Crippen LogP contribution in [-0.4, -0.2) is 7.11 Å². The Morgan fingerprint density at radius 3 is 1.63 bits per heavy atom. The van der Waals surface area contributed by atoms with Crippen LogP contribution in [0.3, 0.4) is 0 Å². The average Bonchev–Trinajstić information content (AvgIpc) is 2.74. The highest BCUT2D eigenvalue weighted by Gasteiger charge is 2.10. The molecule has 0 amide bonds. The molecule has 0 saturated carbocycles. The fourth-order valence-electron chi connectivity index (χ4n) is 3.93. The summed E-state index contributed by atoms with van der Waals surface area (Å²) in [5, 5.41) is 7.76. The SMILES string of the molecule is COc1cc(-c2ccc3c4ccccc4c4ccccc4c3c2)ccc1Br. The first-order valence-electron chi connectivity index (χ1n) is 8.93. The van der Waals surface area contributed by atoms with E-state index in [2.05, 4.69) is 94.8 Å². The highest BCUT2D eigenvalue weighted by Crippen LogP contribution is 2.38. The summed E-state index contributed by atoms with van der Waals surface area (Å²) < 4.78 is 6.44. The molecule has 2 heteroatoms. The molecule has 27 heavy (non-hydrogen) atoms. The second-order valence-electron chi connectivity index (χ2n) is 6.70. The molecule has 0 radical (unpaired) electrons. The van der Waals surface area contributed by atoms with E-state index in [1.54, 1.807) is 7.11 Å². The lowest BCUT2D eigenvalue weighted by Gasteiger charge is -2.12. The number of halogens is 1. The molecule has 1 nitrogen and oxygen atoms in total. The molecule has 0 aliphatic heterocycles. The Morgan fingerprint density at radius 1 is 0.556 bits per heavy atom. The molecule has 130 valence electrons. The van der Waals surface area contributed by atoms with Crippen molar-refractivity contribution in [1.82, 2.24) is 0 Å². The topological polar surface area (TPSA) is 9.23 Å². The number of fused-ring (bicyclic) bond motifs is 6. The van der Waals surface area contributed by atoms with Crippen molar-refractivity contribution in [3.63, 3.8) is 0 Å². The quantitative estimate of drug-likeness (QED) is 0.271. The minimum atomic E-state index is 0.843. The summed E-state index contributed by atoms with van der Waals surface area (Å²) in [6.45, 7) is 0. The van der Waals surface area contributed by atoms with Gasteiger partial charge < -0.3 is 4.74 Å². The Morgan fingerprint density at radius 2 is 1.04 bits per heavy atom. The number of rotatable bonds is 2. The van der Waals surface area contributed by atoms with Gasteiger partial charge in [-0.1, -0.05) is 66.7 Å². The molecular weight excluding hydrogens is 396 g/mol. The summed E-state index contributed by atoms with van der Waals surface area (Å²) >= 11 is 3.54. The lowest BCUT2D eigenvalue weighted by molar-refractivity contribution is 0.412. The average molecular weight is 413 g/mol. The monoisotopic (exact) mass is 412 g/mol. The van der Waals surface area contributed by atoms with E-state index in [9.17, 15) is 0 Å². The van der Waals surface area contributed by atoms with Gasteiger partial charge in [-0.05, 0) is 77.6 Å². The molecule has 0 spiro atoms. The minimum absolute atomic E-state index is 0.843. The smallest absolute Gasteiger partial charge is 0.133 e. The third kappa shape index (κ3) is 2.60. The van der Waals surface area contributed by atoms with Gasteiger partial charge in [-0.2, -0.15) is 0 Å². The van der Waals surface area contributed by atoms with Crippen LogP contribution in [0.2, 0.25) is 0 Å². The van der Waals surface area contributed by atoms with Crippen molar-refractivity contribution >= 4 is 48.2 Å². The van der Waals surface area contributed by atoms with Gasteiger partial charge in [0.25, 0.3) is 0 Å². The second kappa shape index (κ2) is 6.40. The van der Waals surface area contributed by atoms with Gasteiger partial charge in [0.15, 0.2) is 0 Å². The largest absolute Gasteiger partial charge is 0.496 e. The Hall–Kier alpha value is -2.84. The van der Waals surface area contributed by atoms with Gasteiger partial charge in [0.2, 0.25) is 0 Å². The van der Waals surface area contributed by atoms with Gasteiger partial charge in [0, 0.05) is 0 Å². The molecule has 0 aliphatic carbocycles. The van der Waals surface area contributed by atoms with E-state index in [1.807, 2.05) is 6.07 Å². The Kier molecular flexibility index (Phi) is 3.87. The molecule has 5 rings (SSSR count). The van der Waals surface area contributed by atoms with Gasteiger partial charge in [-0.25, -0.2) is 0 Å². The molecule has 0 N–H and O–H groups in total. The number of hydrogen-bond acceptors (Lipinski definition) is 1. The van der Waals surface area contributed by atoms with Crippen molar-refractivity contribution in [2.45, 2.75) is 0 Å². The highest BCUT2D eigenvalue weighted by molar-refractivity contribution is 9.10. The summed E-state index contributed by atoms with van der Waals surface area (Å²) in [7, 11) is 1.70. The van der Waals surface area contributed by atoms with Crippen molar-refractivity contribution in [2.75, 3.05) is 7.11 Å². The fraction of sp³-hybridized carbons (Fsp3) is 0.0400. The zero-order chi connectivity index (χ0) is 18.4. The summed E-state index contributed by atoms with van der Waals surface area (Å²) in [6, 6.07) is 30.3. The number of benzene rings is 5. The lowest BCUT2D eigenvalue weighted by Crippen LogP contribution is -1.87. The zero-order valence-corrected chi connectivity index (χ0v) is 16.5. The standard InChI is InChI=1S/C25H17BrO/c1-27-25-15-17(11-13-24(25)26)16-10-12-22-20-8-3-2-6-18(20)19-7-4-5-9-21(19)23(22)14-16/h2-15H,1H3. The lowest BCUT2D eigenvalue weighted by atomic mass is 9.92. The second-order valence-corrected chi connectivity index (χ2v) is 7.56. The van der Waals surface area contributed by atoms with Gasteiger partial charge in [-0.3, -0.25) is 0 Å². The predicted octanol–water partition coefficient (Wildman–Crippen LogP) is 7.58. The Bertz CT molecular complexity index is 1290. The van der Waals surface area contributed by atoms with Crippen LogP contribution in [0.4, 0.5) is 0 Å². The van der Waals surface area contributed by atoms with Crippen LogP contribution < -0.4 is 4.74 Å². The van der Waals surface area contributed by atoms with Gasteiger partial charge >= 0.3 is 0 Å². The van der Waals surface area contributed by atoms with E-state index >= 15 is 0 Å². The van der Waals surface area contributed by atoms with E-state index in [0.717, 1.165) is 15.8 Å². The van der Waals surface area contributed by atoms with Gasteiger partial charge in [-0.15, -0.1) is 0 Å². The van der Waals surface area contributed by atoms with Crippen molar-refractivity contribution in [1.29, 1.82) is 0 Å². The van der Waals surface area contributed by atoms with E-state index in [0.29, 0.717) is 0 Å². The third-order valence-corrected chi connectivity index (χ3v) is 5.88. The zero-order valence-electron chi connectivity index (χ0n) is 14.9. The summed E-state index contributed by atoms with van der Waals surface area (Å²) in [6.07, 6.45) is 0. The molecule has 0 atom stereocenters. The van der Waals surface area contributed by atoms with E-state index in [1.165, 1.54) is 37.9 Å². The third-order valence-electron chi connectivity index (χ3n) is 5.23. The first kappa shape index (κ1) is 16.3. The van der Waals surface area contributed by atoms with Crippen LogP contribution >= 0.6 is 15.9 Å². The molecular formula is C25H17BrO. The van der Waals surface area contributed by atoms with Crippen LogP contribution in [0.5, 0.6) is 5.75 Å². The molecule has 0 unspecified atom stereocenters. The van der Waals surface area contributed by atoms with Crippen molar-refractivity contribution in [2.24, 2.45) is 0 Å². The molecule has 5 aromatic carbocycles. The maximum atomic E-state index is 5.48. The molecule has 0 saturated heterocycles.